The van der Waals surface area contributed by atoms with Crippen molar-refractivity contribution in [2.75, 3.05) is 27.2 Å². The lowest BCUT2D eigenvalue weighted by molar-refractivity contribution is -0.0759. The van der Waals surface area contributed by atoms with Crippen molar-refractivity contribution in [3.05, 3.63) is 41.3 Å². The van der Waals surface area contributed by atoms with Gasteiger partial charge in [0.25, 0.3) is 5.91 Å². The molecule has 1 aliphatic heterocycles. The Kier molecular flexibility index (Phi) is 7.41. The van der Waals surface area contributed by atoms with Gasteiger partial charge >= 0.3 is 6.09 Å². The molecule has 2 aromatic heterocycles. The molecule has 3 aromatic rings. The number of likely N-dealkylation sites (tertiary alicyclic amines) is 1. The average Bonchev–Trinajstić information content (AvgIpc) is 3.27. The fraction of sp³-hybridized carbons (Fsp3) is 0.440. The van der Waals surface area contributed by atoms with E-state index in [4.69, 9.17) is 14.3 Å². The molecule has 0 aliphatic carbocycles. The van der Waals surface area contributed by atoms with Crippen LogP contribution in [0.25, 0.3) is 21.3 Å². The third-order valence-corrected chi connectivity index (χ3v) is 6.72. The number of nitrogens with zero attached hydrogens (tertiary/aromatic N) is 4. The summed E-state index contributed by atoms with van der Waals surface area (Å²) in [6.45, 7) is 6.61. The van der Waals surface area contributed by atoms with E-state index in [0.29, 0.717) is 42.9 Å². The van der Waals surface area contributed by atoms with Crippen LogP contribution in [-0.2, 0) is 9.57 Å². The lowest BCUT2D eigenvalue weighted by Crippen LogP contribution is -2.44. The summed E-state index contributed by atoms with van der Waals surface area (Å²) < 4.78 is 27.2. The highest BCUT2D eigenvalue weighted by molar-refractivity contribution is 7.18. The molecule has 1 fully saturated rings. The number of amides is 2. The van der Waals surface area contributed by atoms with Crippen LogP contribution in [0.5, 0.6) is 5.88 Å². The van der Waals surface area contributed by atoms with Crippen molar-refractivity contribution in [2.45, 2.75) is 45.3 Å². The molecule has 0 N–H and O–H groups in total. The second-order valence-electron chi connectivity index (χ2n) is 9.47. The Bertz CT molecular complexity index is 1270. The molecule has 0 spiro atoms. The number of hydroxylamine groups is 2. The van der Waals surface area contributed by atoms with Crippen LogP contribution in [0.15, 0.2) is 29.9 Å². The van der Waals surface area contributed by atoms with Gasteiger partial charge in [0.1, 0.15) is 28.5 Å². The summed E-state index contributed by atoms with van der Waals surface area (Å²) in [4.78, 5) is 39.8. The van der Waals surface area contributed by atoms with E-state index >= 15 is 0 Å². The van der Waals surface area contributed by atoms with E-state index < -0.39 is 17.3 Å². The summed E-state index contributed by atoms with van der Waals surface area (Å²) in [6.07, 6.45) is 2.31. The molecule has 3 heterocycles. The van der Waals surface area contributed by atoms with E-state index in [9.17, 15) is 14.0 Å². The molecule has 0 saturated carbocycles. The van der Waals surface area contributed by atoms with E-state index in [-0.39, 0.29) is 17.8 Å². The average molecular weight is 517 g/mol. The number of hydrogen-bond donors (Lipinski definition) is 0. The number of benzene rings is 1. The van der Waals surface area contributed by atoms with Crippen molar-refractivity contribution < 1.29 is 28.3 Å². The Hall–Kier alpha value is -3.31. The molecular formula is C25H29FN4O5S. The van der Waals surface area contributed by atoms with Crippen LogP contribution >= 0.6 is 11.3 Å². The van der Waals surface area contributed by atoms with Gasteiger partial charge in [-0.25, -0.2) is 24.2 Å². The van der Waals surface area contributed by atoms with Crippen molar-refractivity contribution in [3.8, 4) is 17.0 Å². The Morgan fingerprint density at radius 1 is 1.19 bits per heavy atom. The van der Waals surface area contributed by atoms with Crippen molar-refractivity contribution in [1.29, 1.82) is 0 Å². The smallest absolute Gasteiger partial charge is 0.410 e. The second kappa shape index (κ2) is 10.4. The molecule has 11 heteroatoms. The Balaban J connectivity index is 1.49. The van der Waals surface area contributed by atoms with Crippen molar-refractivity contribution in [3.63, 3.8) is 0 Å². The Morgan fingerprint density at radius 3 is 2.56 bits per heavy atom. The number of aromatic nitrogens is 2. The largest absolute Gasteiger partial charge is 0.473 e. The normalized spacial score (nSPS) is 14.7. The minimum Gasteiger partial charge on any atom is -0.473 e. The Morgan fingerprint density at radius 2 is 1.92 bits per heavy atom. The van der Waals surface area contributed by atoms with Crippen LogP contribution in [0.3, 0.4) is 0 Å². The third-order valence-electron chi connectivity index (χ3n) is 5.76. The van der Waals surface area contributed by atoms with E-state index in [1.807, 2.05) is 26.2 Å². The number of piperidine rings is 1. The first-order valence-corrected chi connectivity index (χ1v) is 12.4. The van der Waals surface area contributed by atoms with Gasteiger partial charge in [-0.3, -0.25) is 9.63 Å². The molecule has 1 saturated heterocycles. The summed E-state index contributed by atoms with van der Waals surface area (Å²) in [7, 11) is 2.76. The number of carbonyl (C=O) groups is 2. The predicted molar refractivity (Wildman–Crippen MR) is 133 cm³/mol. The first-order chi connectivity index (χ1) is 17.1. The molecule has 0 atom stereocenters. The van der Waals surface area contributed by atoms with E-state index in [1.54, 1.807) is 11.0 Å². The van der Waals surface area contributed by atoms with Crippen LogP contribution in [0.2, 0.25) is 0 Å². The lowest BCUT2D eigenvalue weighted by atomic mass is 10.0. The predicted octanol–water partition coefficient (Wildman–Crippen LogP) is 4.91. The molecule has 0 unspecified atom stereocenters. The van der Waals surface area contributed by atoms with Gasteiger partial charge in [0.15, 0.2) is 0 Å². The molecular weight excluding hydrogens is 487 g/mol. The molecule has 9 nitrogen and oxygen atoms in total. The van der Waals surface area contributed by atoms with Crippen LogP contribution < -0.4 is 4.74 Å². The summed E-state index contributed by atoms with van der Waals surface area (Å²) in [5, 5.41) is 2.84. The van der Waals surface area contributed by atoms with Gasteiger partial charge in [0.2, 0.25) is 5.88 Å². The van der Waals surface area contributed by atoms with Crippen molar-refractivity contribution >= 4 is 33.6 Å². The summed E-state index contributed by atoms with van der Waals surface area (Å²) in [5.74, 6) is -0.767. The van der Waals surface area contributed by atoms with Crippen LogP contribution in [0.4, 0.5) is 9.18 Å². The molecule has 1 aromatic carbocycles. The highest BCUT2D eigenvalue weighted by Gasteiger charge is 2.28. The standard InChI is InChI=1S/C25H29FN4O5S/c1-25(2,3)35-24(32)30-10-8-16(9-11-30)34-22-21-20(27-14-28-22)18(13-36-21)15-6-7-17(19(26)12-15)23(31)29(4)33-5/h6-7,12-14,16H,8-11H2,1-5H3. The second-order valence-corrected chi connectivity index (χ2v) is 10.4. The van der Waals surface area contributed by atoms with E-state index in [0.717, 1.165) is 15.3 Å². The zero-order chi connectivity index (χ0) is 26.0. The van der Waals surface area contributed by atoms with Gasteiger partial charge in [-0.2, -0.15) is 0 Å². The van der Waals surface area contributed by atoms with E-state index in [1.165, 1.54) is 44.0 Å². The van der Waals surface area contributed by atoms with Gasteiger partial charge in [0, 0.05) is 43.9 Å². The van der Waals surface area contributed by atoms with E-state index in [2.05, 4.69) is 9.97 Å². The van der Waals surface area contributed by atoms with Crippen LogP contribution in [0.1, 0.15) is 44.0 Å². The first kappa shape index (κ1) is 25.8. The molecule has 192 valence electrons. The SMILES string of the molecule is CON(C)C(=O)c1ccc(-c2csc3c(OC4CCN(C(=O)OC(C)(C)C)CC4)ncnc23)cc1F. The quantitative estimate of drug-likeness (QED) is 0.445. The highest BCUT2D eigenvalue weighted by Crippen LogP contribution is 2.37. The van der Waals surface area contributed by atoms with Gasteiger partial charge in [-0.1, -0.05) is 6.07 Å². The number of hydrogen-bond acceptors (Lipinski definition) is 8. The number of ether oxygens (including phenoxy) is 2. The minimum absolute atomic E-state index is 0.0843. The van der Waals surface area contributed by atoms with Crippen LogP contribution in [-0.4, -0.2) is 70.9 Å². The fourth-order valence-corrected chi connectivity index (χ4v) is 4.83. The lowest BCUT2D eigenvalue weighted by Gasteiger charge is -2.33. The monoisotopic (exact) mass is 516 g/mol. The molecule has 36 heavy (non-hydrogen) atoms. The summed E-state index contributed by atoms with van der Waals surface area (Å²) >= 11 is 1.41. The molecule has 4 rings (SSSR count). The number of fused-ring (bicyclic) bond motifs is 1. The minimum atomic E-state index is -0.650. The molecule has 0 radical (unpaired) electrons. The van der Waals surface area contributed by atoms with Crippen LogP contribution in [0, 0.1) is 5.82 Å². The zero-order valence-electron chi connectivity index (χ0n) is 20.9. The molecule has 0 bridgehead atoms. The number of thiophene rings is 1. The highest BCUT2D eigenvalue weighted by atomic mass is 32.1. The van der Waals surface area contributed by atoms with Gasteiger partial charge in [0.05, 0.1) is 18.2 Å². The summed E-state index contributed by atoms with van der Waals surface area (Å²) in [6, 6.07) is 4.42. The molecule has 1 aliphatic rings. The maximum absolute atomic E-state index is 14.8. The molecule has 2 amide bonds. The van der Waals surface area contributed by atoms with Crippen molar-refractivity contribution in [2.24, 2.45) is 0 Å². The number of halogens is 1. The summed E-state index contributed by atoms with van der Waals surface area (Å²) in [5.41, 5.74) is 1.33. The maximum Gasteiger partial charge on any atom is 0.410 e. The zero-order valence-corrected chi connectivity index (χ0v) is 21.7. The maximum atomic E-state index is 14.8. The Labute approximate surface area is 212 Å². The third kappa shape index (κ3) is 5.57. The van der Waals surface area contributed by atoms with Gasteiger partial charge in [-0.05, 0) is 38.5 Å². The fourth-order valence-electron chi connectivity index (χ4n) is 3.87. The van der Waals surface area contributed by atoms with Crippen molar-refractivity contribution in [1.82, 2.24) is 19.9 Å². The number of carbonyl (C=O) groups excluding carboxylic acids is 2. The number of rotatable bonds is 5. The van der Waals surface area contributed by atoms with Gasteiger partial charge < -0.3 is 14.4 Å². The van der Waals surface area contributed by atoms with Gasteiger partial charge in [-0.15, -0.1) is 11.3 Å². The topological polar surface area (TPSA) is 94.1 Å². The first-order valence-electron chi connectivity index (χ1n) is 11.6.